The standard InChI is InChI=1S/C30H27N5O2/c1-21(36)32-25-11-7-10-24(18-25)30-29(22-8-3-2-4-9-22)33-26-14-13-23(19-27(26)34-30)28(37)12-5-6-16-35-17-15-31-20-35/h2-4,7-11,13-15,17-20H,5-6,12,16H2,1H3,(H,32,36). The molecule has 1 N–H and O–H groups in total. The Balaban J connectivity index is 1.47. The first-order valence-corrected chi connectivity index (χ1v) is 12.3. The summed E-state index contributed by atoms with van der Waals surface area (Å²) in [7, 11) is 0. The molecule has 7 nitrogen and oxygen atoms in total. The number of ketones is 1. The van der Waals surface area contributed by atoms with E-state index in [1.807, 2.05) is 83.6 Å². The number of nitrogens with zero attached hydrogens (tertiary/aromatic N) is 4. The Labute approximate surface area is 215 Å². The van der Waals surface area contributed by atoms with Crippen molar-refractivity contribution >= 4 is 28.4 Å². The minimum Gasteiger partial charge on any atom is -0.337 e. The van der Waals surface area contributed by atoms with Gasteiger partial charge in [0.2, 0.25) is 5.91 Å². The molecule has 2 aromatic heterocycles. The summed E-state index contributed by atoms with van der Waals surface area (Å²) in [5.74, 6) is -0.0473. The van der Waals surface area contributed by atoms with Crippen LogP contribution in [0.25, 0.3) is 33.5 Å². The summed E-state index contributed by atoms with van der Waals surface area (Å²) in [5, 5.41) is 2.83. The number of benzene rings is 3. The summed E-state index contributed by atoms with van der Waals surface area (Å²) in [5.41, 5.74) is 5.90. The Morgan fingerprint density at radius 3 is 2.41 bits per heavy atom. The van der Waals surface area contributed by atoms with E-state index in [0.29, 0.717) is 28.9 Å². The quantitative estimate of drug-likeness (QED) is 0.197. The van der Waals surface area contributed by atoms with Gasteiger partial charge in [-0.15, -0.1) is 0 Å². The molecule has 184 valence electrons. The molecule has 0 atom stereocenters. The Kier molecular flexibility index (Phi) is 7.12. The molecule has 0 unspecified atom stereocenters. The summed E-state index contributed by atoms with van der Waals surface area (Å²) in [6.45, 7) is 2.33. The first kappa shape index (κ1) is 24.1. The van der Waals surface area contributed by atoms with E-state index in [1.165, 1.54) is 6.92 Å². The van der Waals surface area contributed by atoms with Crippen LogP contribution in [0.5, 0.6) is 0 Å². The summed E-state index contributed by atoms with van der Waals surface area (Å²) < 4.78 is 2.02. The number of nitrogens with one attached hydrogen (secondary N) is 1. The van der Waals surface area contributed by atoms with E-state index in [4.69, 9.17) is 9.97 Å². The molecular weight excluding hydrogens is 462 g/mol. The number of hydrogen-bond donors (Lipinski definition) is 1. The molecule has 2 heterocycles. The molecule has 3 aromatic carbocycles. The molecule has 5 rings (SSSR count). The van der Waals surface area contributed by atoms with Gasteiger partial charge in [-0.25, -0.2) is 15.0 Å². The van der Waals surface area contributed by atoms with Crippen molar-refractivity contribution in [2.75, 3.05) is 5.32 Å². The lowest BCUT2D eigenvalue weighted by molar-refractivity contribution is -0.114. The number of imidazole rings is 1. The van der Waals surface area contributed by atoms with Gasteiger partial charge in [-0.2, -0.15) is 0 Å². The average molecular weight is 490 g/mol. The second-order valence-electron chi connectivity index (χ2n) is 8.93. The van der Waals surface area contributed by atoms with E-state index in [1.54, 1.807) is 12.5 Å². The lowest BCUT2D eigenvalue weighted by Gasteiger charge is -2.12. The number of hydrogen-bond acceptors (Lipinski definition) is 5. The fourth-order valence-corrected chi connectivity index (χ4v) is 4.32. The molecule has 7 heteroatoms. The number of unbranched alkanes of at least 4 members (excludes halogenated alkanes) is 1. The zero-order valence-electron chi connectivity index (χ0n) is 20.6. The Bertz CT molecular complexity index is 1550. The normalized spacial score (nSPS) is 10.9. The van der Waals surface area contributed by atoms with Gasteiger partial charge >= 0.3 is 0 Å². The number of fused-ring (bicyclic) bond motifs is 1. The zero-order chi connectivity index (χ0) is 25.6. The molecule has 0 spiro atoms. The number of Topliss-reactive ketones (excluding diaryl/α,β-unsaturated/α-hetero) is 1. The third-order valence-corrected chi connectivity index (χ3v) is 6.12. The van der Waals surface area contributed by atoms with Crippen LogP contribution >= 0.6 is 0 Å². The van der Waals surface area contributed by atoms with Crippen LogP contribution in [-0.4, -0.2) is 31.2 Å². The summed E-state index contributed by atoms with van der Waals surface area (Å²) in [4.78, 5) is 38.5. The highest BCUT2D eigenvalue weighted by Crippen LogP contribution is 2.32. The monoisotopic (exact) mass is 489 g/mol. The minimum absolute atomic E-state index is 0.0932. The third kappa shape index (κ3) is 5.78. The fraction of sp³-hybridized carbons (Fsp3) is 0.167. The van der Waals surface area contributed by atoms with E-state index in [0.717, 1.165) is 41.7 Å². The molecule has 37 heavy (non-hydrogen) atoms. The van der Waals surface area contributed by atoms with E-state index >= 15 is 0 Å². The first-order chi connectivity index (χ1) is 18.1. The molecule has 0 saturated carbocycles. The van der Waals surface area contributed by atoms with Crippen molar-refractivity contribution in [3.05, 3.63) is 97.1 Å². The largest absolute Gasteiger partial charge is 0.337 e. The Morgan fingerprint density at radius 2 is 1.62 bits per heavy atom. The van der Waals surface area contributed by atoms with Gasteiger partial charge in [0.05, 0.1) is 28.7 Å². The van der Waals surface area contributed by atoms with Crippen LogP contribution in [0.15, 0.2) is 91.5 Å². The van der Waals surface area contributed by atoms with Crippen molar-refractivity contribution in [2.24, 2.45) is 0 Å². The number of aryl methyl sites for hydroxylation is 1. The van der Waals surface area contributed by atoms with Crippen LogP contribution in [0.3, 0.4) is 0 Å². The zero-order valence-corrected chi connectivity index (χ0v) is 20.6. The number of carbonyl (C=O) groups excluding carboxylic acids is 2. The van der Waals surface area contributed by atoms with Crippen LogP contribution in [0.1, 0.15) is 36.5 Å². The fourth-order valence-electron chi connectivity index (χ4n) is 4.32. The predicted octanol–water partition coefficient (Wildman–Crippen LogP) is 6.17. The van der Waals surface area contributed by atoms with Gasteiger partial charge < -0.3 is 9.88 Å². The molecule has 0 saturated heterocycles. The average Bonchev–Trinajstić information content (AvgIpc) is 3.44. The van der Waals surface area contributed by atoms with Crippen LogP contribution < -0.4 is 5.32 Å². The van der Waals surface area contributed by atoms with E-state index in [2.05, 4.69) is 10.3 Å². The minimum atomic E-state index is -0.141. The SMILES string of the molecule is CC(=O)Nc1cccc(-c2nc3cc(C(=O)CCCCn4ccnc4)ccc3nc2-c2ccccc2)c1. The van der Waals surface area contributed by atoms with Gasteiger partial charge in [-0.1, -0.05) is 42.5 Å². The van der Waals surface area contributed by atoms with E-state index in [9.17, 15) is 9.59 Å². The van der Waals surface area contributed by atoms with Crippen LogP contribution in [0.4, 0.5) is 5.69 Å². The maximum absolute atomic E-state index is 12.9. The molecule has 0 bridgehead atoms. The lowest BCUT2D eigenvalue weighted by atomic mass is 10.0. The summed E-state index contributed by atoms with van der Waals surface area (Å²) in [6.07, 6.45) is 7.66. The number of aromatic nitrogens is 4. The van der Waals surface area contributed by atoms with E-state index < -0.39 is 0 Å². The van der Waals surface area contributed by atoms with Crippen molar-refractivity contribution in [1.82, 2.24) is 19.5 Å². The van der Waals surface area contributed by atoms with Crippen LogP contribution in [0.2, 0.25) is 0 Å². The van der Waals surface area contributed by atoms with Crippen molar-refractivity contribution in [1.29, 1.82) is 0 Å². The topological polar surface area (TPSA) is 89.8 Å². The third-order valence-electron chi connectivity index (χ3n) is 6.12. The molecule has 0 aliphatic carbocycles. The van der Waals surface area contributed by atoms with Gasteiger partial charge in [0.25, 0.3) is 0 Å². The number of anilines is 1. The van der Waals surface area contributed by atoms with Gasteiger partial charge in [0, 0.05) is 54.7 Å². The van der Waals surface area contributed by atoms with Gasteiger partial charge in [0.15, 0.2) is 5.78 Å². The number of carbonyl (C=O) groups is 2. The van der Waals surface area contributed by atoms with Crippen molar-refractivity contribution < 1.29 is 9.59 Å². The highest BCUT2D eigenvalue weighted by molar-refractivity contribution is 5.99. The number of rotatable bonds is 9. The lowest BCUT2D eigenvalue weighted by Crippen LogP contribution is -2.05. The second-order valence-corrected chi connectivity index (χ2v) is 8.93. The van der Waals surface area contributed by atoms with E-state index in [-0.39, 0.29) is 11.7 Å². The van der Waals surface area contributed by atoms with Gasteiger partial charge in [0.1, 0.15) is 0 Å². The second kappa shape index (κ2) is 11.0. The molecule has 1 amide bonds. The van der Waals surface area contributed by atoms with Crippen molar-refractivity contribution in [3.63, 3.8) is 0 Å². The smallest absolute Gasteiger partial charge is 0.221 e. The first-order valence-electron chi connectivity index (χ1n) is 12.3. The summed E-state index contributed by atoms with van der Waals surface area (Å²) >= 11 is 0. The Morgan fingerprint density at radius 1 is 0.838 bits per heavy atom. The summed E-state index contributed by atoms with van der Waals surface area (Å²) in [6, 6.07) is 23.0. The maximum Gasteiger partial charge on any atom is 0.221 e. The molecule has 0 aliphatic heterocycles. The van der Waals surface area contributed by atoms with Gasteiger partial charge in [-0.3, -0.25) is 9.59 Å². The highest BCUT2D eigenvalue weighted by Gasteiger charge is 2.15. The van der Waals surface area contributed by atoms with Crippen molar-refractivity contribution in [3.8, 4) is 22.5 Å². The molecule has 0 fully saturated rings. The molecule has 0 radical (unpaired) electrons. The van der Waals surface area contributed by atoms with Crippen LogP contribution in [0, 0.1) is 0 Å². The molecule has 5 aromatic rings. The number of amides is 1. The Hall–Kier alpha value is -4.65. The van der Waals surface area contributed by atoms with Crippen LogP contribution in [-0.2, 0) is 11.3 Å². The van der Waals surface area contributed by atoms with Gasteiger partial charge in [-0.05, 0) is 43.2 Å². The molecular formula is C30H27N5O2. The maximum atomic E-state index is 12.9. The van der Waals surface area contributed by atoms with Crippen molar-refractivity contribution in [2.45, 2.75) is 32.7 Å². The molecule has 0 aliphatic rings. The highest BCUT2D eigenvalue weighted by atomic mass is 16.1. The predicted molar refractivity (Wildman–Crippen MR) is 145 cm³/mol.